The van der Waals surface area contributed by atoms with Gasteiger partial charge in [-0.05, 0) is 159 Å². The molecule has 0 spiro atoms. The minimum absolute atomic E-state index is 0.0978. The molecule has 0 radical (unpaired) electrons. The number of thioether (sulfide) groups is 4. The fraction of sp³-hybridized carbons (Fsp3) is 0.500. The Morgan fingerprint density at radius 2 is 0.724 bits per heavy atom. The van der Waals surface area contributed by atoms with Gasteiger partial charge in [-0.25, -0.2) is 9.97 Å². The molecule has 20 heteroatoms. The quantitative estimate of drug-likeness (QED) is 0.0275. The van der Waals surface area contributed by atoms with Gasteiger partial charge >= 0.3 is 0 Å². The van der Waals surface area contributed by atoms with Gasteiger partial charge in [0.2, 0.25) is 0 Å². The van der Waals surface area contributed by atoms with Gasteiger partial charge < -0.3 is 0 Å². The Balaban J connectivity index is 0.830. The molecule has 0 N–H and O–H groups in total. The van der Waals surface area contributed by atoms with E-state index in [1.165, 1.54) is 303 Å². The van der Waals surface area contributed by atoms with E-state index in [0.29, 0.717) is 11.8 Å². The van der Waals surface area contributed by atoms with E-state index in [-0.39, 0.29) is 11.8 Å². The lowest BCUT2D eigenvalue weighted by Crippen LogP contribution is -2.01. The first-order valence-corrected chi connectivity index (χ1v) is 55.6. The first kappa shape index (κ1) is 89.9. The van der Waals surface area contributed by atoms with Crippen molar-refractivity contribution in [2.75, 3.05) is 11.5 Å². The van der Waals surface area contributed by atoms with Crippen LogP contribution in [0.1, 0.15) is 291 Å². The highest BCUT2D eigenvalue weighted by Gasteiger charge is 2.30. The van der Waals surface area contributed by atoms with Crippen molar-refractivity contribution >= 4 is 213 Å². The fourth-order valence-corrected chi connectivity index (χ4v) is 31.6. The van der Waals surface area contributed by atoms with Crippen LogP contribution in [0.25, 0.3) is 112 Å². The van der Waals surface area contributed by atoms with Crippen LogP contribution in [0.5, 0.6) is 0 Å². The molecular formula is C96H118N4O2S14. The van der Waals surface area contributed by atoms with Crippen LogP contribution in [-0.4, -0.2) is 42.0 Å². The van der Waals surface area contributed by atoms with Crippen LogP contribution < -0.4 is 0 Å². The van der Waals surface area contributed by atoms with Gasteiger partial charge in [0.15, 0.2) is 0 Å². The number of benzene rings is 1. The Morgan fingerprint density at radius 3 is 1.12 bits per heavy atom. The number of thiazole rings is 2. The molecule has 0 saturated heterocycles. The van der Waals surface area contributed by atoms with Crippen molar-refractivity contribution in [3.8, 4) is 79.7 Å². The summed E-state index contributed by atoms with van der Waals surface area (Å²) in [6, 6.07) is 28.9. The molecule has 2 aliphatic rings. The summed E-state index contributed by atoms with van der Waals surface area (Å²) < 4.78 is 4.47. The van der Waals surface area contributed by atoms with E-state index in [1.54, 1.807) is 47.0 Å². The second-order valence-electron chi connectivity index (χ2n) is 31.5. The average Bonchev–Trinajstić information content (AvgIpc) is 1.56. The Labute approximate surface area is 750 Å². The van der Waals surface area contributed by atoms with E-state index in [4.69, 9.17) is 9.97 Å². The van der Waals surface area contributed by atoms with Crippen molar-refractivity contribution in [3.05, 3.63) is 126 Å². The van der Waals surface area contributed by atoms with Crippen molar-refractivity contribution in [2.24, 2.45) is 21.8 Å². The lowest BCUT2D eigenvalue weighted by molar-refractivity contribution is -0.114. The largest absolute Gasteiger partial charge is 0.285 e. The second kappa shape index (κ2) is 46.6. The number of rotatable bonds is 50. The van der Waals surface area contributed by atoms with Crippen LogP contribution in [0.15, 0.2) is 105 Å². The molecule has 11 aromatic rings. The number of fused-ring (bicyclic) bond motifs is 2. The van der Waals surface area contributed by atoms with E-state index < -0.39 is 0 Å². The van der Waals surface area contributed by atoms with Gasteiger partial charge in [0.1, 0.15) is 18.8 Å². The molecule has 13 rings (SSSR count). The minimum Gasteiger partial charge on any atom is -0.266 e. The lowest BCUT2D eigenvalue weighted by Gasteiger charge is -2.13. The predicted molar refractivity (Wildman–Crippen MR) is 535 cm³/mol. The summed E-state index contributed by atoms with van der Waals surface area (Å²) in [6.07, 6.45) is 53.0. The second-order valence-corrected chi connectivity index (χ2v) is 47.1. The number of thiophene rings is 8. The number of nitrogens with zero attached hydrogens (tertiary/aromatic N) is 4. The Kier molecular flexibility index (Phi) is 36.1. The third kappa shape index (κ3) is 24.4. The van der Waals surface area contributed by atoms with Gasteiger partial charge in [-0.15, -0.1) is 113 Å². The molecule has 2 atom stereocenters. The molecule has 2 unspecified atom stereocenters. The molecule has 1 aromatic carbocycles. The summed E-state index contributed by atoms with van der Waals surface area (Å²) in [6.45, 7) is 18.6. The molecule has 0 bridgehead atoms. The Hall–Kier alpha value is -3.84. The summed E-state index contributed by atoms with van der Waals surface area (Å²) in [4.78, 5) is 68.7. The van der Waals surface area contributed by atoms with Crippen molar-refractivity contribution in [3.63, 3.8) is 0 Å². The number of hydrogen-bond donors (Lipinski definition) is 0. The number of amides is 2. The minimum atomic E-state index is -0.0978. The highest BCUT2D eigenvalue weighted by Crippen LogP contribution is 2.57. The van der Waals surface area contributed by atoms with Crippen LogP contribution in [0.2, 0.25) is 0 Å². The first-order valence-electron chi connectivity index (χ1n) is 43.9. The molecule has 618 valence electrons. The van der Waals surface area contributed by atoms with Crippen LogP contribution in [0.3, 0.4) is 0 Å². The fourth-order valence-electron chi connectivity index (χ4n) is 15.6. The zero-order chi connectivity index (χ0) is 80.5. The molecule has 0 aliphatic carbocycles. The smallest absolute Gasteiger partial charge is 0.266 e. The van der Waals surface area contributed by atoms with E-state index in [2.05, 4.69) is 163 Å². The molecule has 116 heavy (non-hydrogen) atoms. The summed E-state index contributed by atoms with van der Waals surface area (Å²) >= 11 is 25.6. The lowest BCUT2D eigenvalue weighted by atomic mass is 9.95. The highest BCUT2D eigenvalue weighted by atomic mass is 32.2. The van der Waals surface area contributed by atoms with Crippen LogP contribution in [-0.2, 0) is 35.3 Å². The van der Waals surface area contributed by atoms with Crippen molar-refractivity contribution in [1.29, 1.82) is 0 Å². The van der Waals surface area contributed by atoms with Crippen molar-refractivity contribution in [2.45, 2.75) is 287 Å². The number of aryl methyl sites for hydroxylation is 2. The summed E-state index contributed by atoms with van der Waals surface area (Å²) in [5, 5.41) is 4.76. The number of carbonyl (C=O) groups is 2. The van der Waals surface area contributed by atoms with Gasteiger partial charge in [-0.3, -0.25) is 9.59 Å². The standard InChI is InChI=1S/C96H118N4O2S14/c1-9-17-23-27-31-35-41-65-55-69(57-79-91(101)99-95(115-79)103-51-37-33-29-25-19-11-3)107-87(65)77-49-47-73(109-77)83-61-97-93(113-83)81-59-71-85(75-45-43-67(105-75)53-63(15-7)39-21-13-5)90-72(86(89(71)111-81)76-46-44-68(106-76)54-64(16-8)40-22-14-6)60-82(112-90)94-98-62-84(114-94)74-48-50-78(110-74)88-66(42-36-32-28-24-18-10-2)56-70(108-88)58-80-92(102)100-96(116-80)104-52-38-34-30-26-20-12-4/h43-50,55-64H,9-42,51-54H2,1-8H3/b79-57-,80-58-. The topological polar surface area (TPSA) is 84.6 Å². The van der Waals surface area contributed by atoms with E-state index in [1.807, 2.05) is 113 Å². The monoisotopic (exact) mass is 1810 g/mol. The van der Waals surface area contributed by atoms with Gasteiger partial charge in [-0.2, -0.15) is 9.98 Å². The molecule has 10 aromatic heterocycles. The number of hydrogen-bond acceptors (Lipinski definition) is 18. The molecular weight excluding hydrogens is 1690 g/mol. The van der Waals surface area contributed by atoms with E-state index >= 15 is 0 Å². The first-order chi connectivity index (χ1) is 56.9. The molecule has 2 aliphatic heterocycles. The molecule has 0 saturated carbocycles. The van der Waals surface area contributed by atoms with Crippen molar-refractivity contribution in [1.82, 2.24) is 9.97 Å². The third-order valence-electron chi connectivity index (χ3n) is 22.4. The summed E-state index contributed by atoms with van der Waals surface area (Å²) in [5.74, 6) is 3.17. The molecule has 2 amide bonds. The number of carbonyl (C=O) groups excluding carboxylic acids is 2. The highest BCUT2D eigenvalue weighted by molar-refractivity contribution is 8.41. The SMILES string of the molecule is CCCCCCCCSC1=NC(=O)/C(=C/c2cc(CCCCCCCC)c(-c3ccc(-c4cnc(-c5cc6c(-c7ccc(CC(CC)CCCC)s7)c7sc(-c8ncc(-c9ccc(-c%10sc(/C=C%11\SC(SCCCCCCCC)=NC%11=O)cc%10CCCCCCCC)s9)s8)cc7c(-c7ccc(CC(CC)CCCC)s7)c6s5)s4)s3)s2)S1. The Bertz CT molecular complexity index is 4730. The van der Waals surface area contributed by atoms with Crippen molar-refractivity contribution < 1.29 is 9.59 Å². The summed E-state index contributed by atoms with van der Waals surface area (Å²) in [5.41, 5.74) is 5.47. The maximum absolute atomic E-state index is 13.5. The van der Waals surface area contributed by atoms with Crippen LogP contribution >= 0.6 is 160 Å². The average molecular weight is 1810 g/mol. The van der Waals surface area contributed by atoms with Crippen LogP contribution in [0, 0.1) is 11.8 Å². The van der Waals surface area contributed by atoms with Gasteiger partial charge in [0, 0.05) is 114 Å². The Morgan fingerprint density at radius 1 is 0.353 bits per heavy atom. The predicted octanol–water partition coefficient (Wildman–Crippen LogP) is 36.2. The number of unbranched alkanes of at least 4 members (excludes halogenated alkanes) is 22. The van der Waals surface area contributed by atoms with Gasteiger partial charge in [0.25, 0.3) is 11.8 Å². The number of aliphatic imine (C=N–C) groups is 2. The number of aromatic nitrogens is 2. The molecule has 0 fully saturated rings. The van der Waals surface area contributed by atoms with E-state index in [9.17, 15) is 9.59 Å². The third-order valence-corrected chi connectivity index (χ3v) is 38.9. The van der Waals surface area contributed by atoms with Gasteiger partial charge in [0.05, 0.1) is 29.3 Å². The zero-order valence-corrected chi connectivity index (χ0v) is 81.0. The maximum atomic E-state index is 13.5. The molecule has 6 nitrogen and oxygen atoms in total. The van der Waals surface area contributed by atoms with E-state index in [0.717, 1.165) is 88.4 Å². The van der Waals surface area contributed by atoms with Gasteiger partial charge in [-0.1, -0.05) is 282 Å². The maximum Gasteiger partial charge on any atom is 0.285 e. The normalized spacial score (nSPS) is 14.6. The van der Waals surface area contributed by atoms with Crippen LogP contribution in [0.4, 0.5) is 0 Å². The summed E-state index contributed by atoms with van der Waals surface area (Å²) in [7, 11) is 0. The molecule has 12 heterocycles. The zero-order valence-electron chi connectivity index (χ0n) is 69.6.